The van der Waals surface area contributed by atoms with Crippen LogP contribution in [0.25, 0.3) is 0 Å². The minimum atomic E-state index is -4.51. The van der Waals surface area contributed by atoms with Gasteiger partial charge in [-0.15, -0.1) is 0 Å². The Morgan fingerprint density at radius 3 is 2.35 bits per heavy atom. The lowest BCUT2D eigenvalue weighted by molar-refractivity contribution is -0.138. The summed E-state index contributed by atoms with van der Waals surface area (Å²) in [7, 11) is -3.62. The van der Waals surface area contributed by atoms with Crippen molar-refractivity contribution < 1.29 is 26.7 Å². The lowest BCUT2D eigenvalue weighted by atomic mass is 9.70. The largest absolute Gasteiger partial charge is 0.419 e. The third-order valence-corrected chi connectivity index (χ3v) is 10.0. The van der Waals surface area contributed by atoms with Gasteiger partial charge in [0, 0.05) is 43.5 Å². The van der Waals surface area contributed by atoms with Crippen molar-refractivity contribution in [3.05, 3.63) is 18.0 Å². The van der Waals surface area contributed by atoms with Crippen molar-refractivity contribution in [3.63, 3.8) is 0 Å². The molecule has 1 aromatic heterocycles. The van der Waals surface area contributed by atoms with E-state index in [4.69, 9.17) is 0 Å². The molecule has 2 saturated carbocycles. The zero-order valence-corrected chi connectivity index (χ0v) is 18.7. The van der Waals surface area contributed by atoms with Crippen molar-refractivity contribution in [3.8, 4) is 0 Å². The predicted octanol–water partition coefficient (Wildman–Crippen LogP) is 2.52. The monoisotopic (exact) mass is 462 g/mol. The van der Waals surface area contributed by atoms with E-state index in [0.717, 1.165) is 18.8 Å². The Morgan fingerprint density at radius 2 is 1.87 bits per heavy atom. The number of anilines is 1. The van der Waals surface area contributed by atoms with E-state index in [-0.39, 0.29) is 42.8 Å². The molecule has 3 aliphatic rings. The second kappa shape index (κ2) is 7.28. The van der Waals surface area contributed by atoms with E-state index in [1.54, 1.807) is 11.8 Å². The first-order valence-corrected chi connectivity index (χ1v) is 12.2. The first-order chi connectivity index (χ1) is 14.3. The average molecular weight is 463 g/mol. The quantitative estimate of drug-likeness (QED) is 0.740. The Hall–Kier alpha value is -1.46. The van der Waals surface area contributed by atoms with Gasteiger partial charge in [-0.05, 0) is 37.5 Å². The van der Waals surface area contributed by atoms with Crippen LogP contribution in [0.3, 0.4) is 0 Å². The fourth-order valence-corrected chi connectivity index (χ4v) is 8.23. The molecule has 4 rings (SSSR count). The first-order valence-electron chi connectivity index (χ1n) is 10.6. The molecule has 1 aromatic rings. The minimum absolute atomic E-state index is 0.0752. The number of alkyl halides is 3. The third-order valence-electron chi connectivity index (χ3n) is 8.03. The molecule has 174 valence electrons. The van der Waals surface area contributed by atoms with Gasteiger partial charge >= 0.3 is 6.18 Å². The second-order valence-corrected chi connectivity index (χ2v) is 11.8. The van der Waals surface area contributed by atoms with E-state index in [1.807, 2.05) is 0 Å². The number of nitrogens with zero attached hydrogens (tertiary/aromatic N) is 4. The van der Waals surface area contributed by atoms with Crippen LogP contribution >= 0.6 is 0 Å². The van der Waals surface area contributed by atoms with Crippen LogP contribution in [0.1, 0.15) is 45.6 Å². The van der Waals surface area contributed by atoms with Gasteiger partial charge < -0.3 is 10.0 Å². The van der Waals surface area contributed by atoms with Gasteiger partial charge in [-0.25, -0.2) is 18.4 Å². The Balaban J connectivity index is 1.47. The van der Waals surface area contributed by atoms with Crippen LogP contribution in [0.4, 0.5) is 19.1 Å². The lowest BCUT2D eigenvalue weighted by Crippen LogP contribution is -2.56. The number of aromatic nitrogens is 2. The number of rotatable bonds is 4. The molecule has 3 fully saturated rings. The van der Waals surface area contributed by atoms with Crippen molar-refractivity contribution in [2.45, 2.75) is 58.4 Å². The molecule has 0 radical (unpaired) electrons. The number of hydrogen-bond donors (Lipinski definition) is 1. The summed E-state index contributed by atoms with van der Waals surface area (Å²) in [6, 6.07) is -0.296. The predicted molar refractivity (Wildman–Crippen MR) is 109 cm³/mol. The number of aliphatic hydroxyl groups excluding tert-OH is 1. The number of hydrogen-bond acceptors (Lipinski definition) is 6. The molecule has 0 amide bonds. The number of fused-ring (bicyclic) bond motifs is 2. The smallest absolute Gasteiger partial charge is 0.392 e. The summed E-state index contributed by atoms with van der Waals surface area (Å²) in [6.45, 7) is 6.63. The molecule has 0 aromatic carbocycles. The third kappa shape index (κ3) is 3.62. The molecule has 0 spiro atoms. The summed E-state index contributed by atoms with van der Waals surface area (Å²) in [4.78, 5) is 9.41. The zero-order valence-electron chi connectivity index (χ0n) is 17.9. The summed E-state index contributed by atoms with van der Waals surface area (Å²) >= 11 is 0. The zero-order chi connectivity index (χ0) is 22.8. The Kier molecular flexibility index (Phi) is 5.33. The Labute approximate surface area is 180 Å². The van der Waals surface area contributed by atoms with E-state index < -0.39 is 33.3 Å². The van der Waals surface area contributed by atoms with E-state index >= 15 is 0 Å². The van der Waals surface area contributed by atoms with Gasteiger partial charge in [0.1, 0.15) is 0 Å². The summed E-state index contributed by atoms with van der Waals surface area (Å²) in [6.07, 6.45) is -1.33. The molecule has 31 heavy (non-hydrogen) atoms. The number of halogens is 3. The van der Waals surface area contributed by atoms with E-state index in [2.05, 4.69) is 23.8 Å². The van der Waals surface area contributed by atoms with Crippen LogP contribution in [0.2, 0.25) is 0 Å². The summed E-state index contributed by atoms with van der Waals surface area (Å²) < 4.78 is 66.4. The first kappa shape index (κ1) is 22.7. The van der Waals surface area contributed by atoms with E-state index in [9.17, 15) is 26.7 Å². The molecule has 1 saturated heterocycles. The summed E-state index contributed by atoms with van der Waals surface area (Å²) in [5.74, 6) is 0.418. The molecule has 2 heterocycles. The highest BCUT2D eigenvalue weighted by Gasteiger charge is 2.65. The van der Waals surface area contributed by atoms with Gasteiger partial charge in [-0.1, -0.05) is 13.8 Å². The van der Waals surface area contributed by atoms with Crippen LogP contribution in [-0.4, -0.2) is 65.3 Å². The second-order valence-electron chi connectivity index (χ2n) is 9.79. The Bertz CT molecular complexity index is 938. The summed E-state index contributed by atoms with van der Waals surface area (Å²) in [5.41, 5.74) is -1.79. The van der Waals surface area contributed by atoms with E-state index in [1.165, 1.54) is 4.31 Å². The standard InChI is InChI=1S/C20H29F3N4O3S/c1-13-11-26(6-7-27(13)17-24-9-15(10-25-17)20(21,22)23)31(29,30)12-19-5-4-14(8-16(19)28)18(19,2)3/h9-10,13-14,16,28H,4-8,11-12H2,1-3H3/t13-,14-,16+,19+/m0/s1. The highest BCUT2D eigenvalue weighted by atomic mass is 32.2. The van der Waals surface area contributed by atoms with Gasteiger partial charge in [0.25, 0.3) is 0 Å². The van der Waals surface area contributed by atoms with Crippen molar-refractivity contribution in [2.24, 2.45) is 16.7 Å². The lowest BCUT2D eigenvalue weighted by Gasteiger charge is -2.43. The molecular formula is C20H29F3N4O3S. The molecule has 2 aliphatic carbocycles. The van der Waals surface area contributed by atoms with Crippen LogP contribution < -0.4 is 4.90 Å². The van der Waals surface area contributed by atoms with Crippen molar-refractivity contribution in [1.29, 1.82) is 0 Å². The fraction of sp³-hybridized carbons (Fsp3) is 0.800. The molecule has 1 aliphatic heterocycles. The van der Waals surface area contributed by atoms with Gasteiger partial charge in [0.05, 0.1) is 17.4 Å². The molecule has 7 nitrogen and oxygen atoms in total. The number of sulfonamides is 1. The topological polar surface area (TPSA) is 86.6 Å². The molecular weight excluding hydrogens is 433 g/mol. The van der Waals surface area contributed by atoms with Gasteiger partial charge in [0.2, 0.25) is 16.0 Å². The van der Waals surface area contributed by atoms with Gasteiger partial charge in [-0.3, -0.25) is 0 Å². The van der Waals surface area contributed by atoms with Gasteiger partial charge in [0.15, 0.2) is 0 Å². The van der Waals surface area contributed by atoms with E-state index in [0.29, 0.717) is 18.8 Å². The highest BCUT2D eigenvalue weighted by molar-refractivity contribution is 7.89. The molecule has 4 atom stereocenters. The SMILES string of the molecule is C[C@H]1CN(S(=O)(=O)C[C@]23CC[C@@H](C[C@H]2O)C3(C)C)CCN1c1ncc(C(F)(F)F)cn1. The van der Waals surface area contributed by atoms with Crippen LogP contribution in [0.15, 0.2) is 12.4 Å². The molecule has 0 unspecified atom stereocenters. The molecule has 1 N–H and O–H groups in total. The summed E-state index contributed by atoms with van der Waals surface area (Å²) in [5, 5.41) is 10.7. The van der Waals surface area contributed by atoms with Crippen molar-refractivity contribution in [1.82, 2.24) is 14.3 Å². The maximum atomic E-state index is 13.3. The highest BCUT2D eigenvalue weighted by Crippen LogP contribution is 2.66. The maximum Gasteiger partial charge on any atom is 0.419 e. The molecule has 11 heteroatoms. The maximum absolute atomic E-state index is 13.3. The normalized spacial score (nSPS) is 33.8. The molecule has 2 bridgehead atoms. The Morgan fingerprint density at radius 1 is 1.23 bits per heavy atom. The van der Waals surface area contributed by atoms with Crippen molar-refractivity contribution in [2.75, 3.05) is 30.3 Å². The fourth-order valence-electron chi connectivity index (χ4n) is 5.89. The van der Waals surface area contributed by atoms with Crippen LogP contribution in [0.5, 0.6) is 0 Å². The number of aliphatic hydroxyl groups is 1. The average Bonchev–Trinajstić information content (AvgIpc) is 3.01. The van der Waals surface area contributed by atoms with Crippen LogP contribution in [-0.2, 0) is 16.2 Å². The van der Waals surface area contributed by atoms with Crippen LogP contribution in [0, 0.1) is 16.7 Å². The van der Waals surface area contributed by atoms with Crippen molar-refractivity contribution >= 4 is 16.0 Å². The van der Waals surface area contributed by atoms with Gasteiger partial charge in [-0.2, -0.15) is 17.5 Å². The number of piperazine rings is 1. The minimum Gasteiger partial charge on any atom is -0.392 e.